The van der Waals surface area contributed by atoms with Gasteiger partial charge >= 0.3 is 0 Å². The molecule has 1 aromatic rings. The van der Waals surface area contributed by atoms with Crippen molar-refractivity contribution in [3.63, 3.8) is 0 Å². The summed E-state index contributed by atoms with van der Waals surface area (Å²) < 4.78 is 0. The normalized spacial score (nSPS) is 21.9. The summed E-state index contributed by atoms with van der Waals surface area (Å²) >= 11 is 0. The van der Waals surface area contributed by atoms with Crippen LogP contribution >= 0.6 is 0 Å². The van der Waals surface area contributed by atoms with Gasteiger partial charge in [-0.3, -0.25) is 9.59 Å². The average Bonchev–Trinajstić information content (AvgIpc) is 2.89. The summed E-state index contributed by atoms with van der Waals surface area (Å²) in [5.74, 6) is 0.0184. The van der Waals surface area contributed by atoms with Crippen LogP contribution < -0.4 is 5.32 Å². The molecule has 3 rings (SSSR count). The van der Waals surface area contributed by atoms with Crippen LogP contribution in [-0.2, 0) is 16.1 Å². The smallest absolute Gasteiger partial charge is 0.248 e. The Hall–Kier alpha value is -1.98. The number of rotatable bonds is 2. The summed E-state index contributed by atoms with van der Waals surface area (Å²) in [5, 5.41) is 2.96. The third-order valence-electron chi connectivity index (χ3n) is 4.14. The van der Waals surface area contributed by atoms with Crippen LogP contribution in [0.4, 0.5) is 0 Å². The van der Waals surface area contributed by atoms with Gasteiger partial charge in [0, 0.05) is 19.2 Å². The molecule has 1 aliphatic carbocycles. The van der Waals surface area contributed by atoms with Crippen LogP contribution in [0, 0.1) is 0 Å². The zero-order valence-electron chi connectivity index (χ0n) is 11.3. The third kappa shape index (κ3) is 2.37. The third-order valence-corrected chi connectivity index (χ3v) is 4.14. The molecule has 2 amide bonds. The lowest BCUT2D eigenvalue weighted by Crippen LogP contribution is -2.55. The molecular formula is C14H18N4O2. The summed E-state index contributed by atoms with van der Waals surface area (Å²) in [4.78, 5) is 34.5. The first-order valence-corrected chi connectivity index (χ1v) is 7.05. The van der Waals surface area contributed by atoms with Crippen molar-refractivity contribution in [2.75, 3.05) is 6.54 Å². The number of hydrogen-bond acceptors (Lipinski definition) is 4. The van der Waals surface area contributed by atoms with Gasteiger partial charge in [-0.2, -0.15) is 0 Å². The zero-order chi connectivity index (χ0) is 14.0. The standard InChI is InChI=1S/C14H18N4O2/c19-12-4-8-18(9-11-3-7-15-10-16-11)13(20)14(17-12)5-1-2-6-14/h3,7,10H,1-2,4-6,8-9H2,(H,17,19). The first-order chi connectivity index (χ1) is 9.70. The highest BCUT2D eigenvalue weighted by molar-refractivity contribution is 5.93. The number of carbonyl (C=O) groups is 2. The number of aromatic nitrogens is 2. The number of nitrogens with one attached hydrogen (secondary N) is 1. The van der Waals surface area contributed by atoms with Crippen molar-refractivity contribution >= 4 is 11.8 Å². The molecule has 1 saturated carbocycles. The Kier molecular flexibility index (Phi) is 3.38. The van der Waals surface area contributed by atoms with Crippen molar-refractivity contribution in [2.24, 2.45) is 0 Å². The van der Waals surface area contributed by atoms with E-state index in [9.17, 15) is 9.59 Å². The fraction of sp³-hybridized carbons (Fsp3) is 0.571. The van der Waals surface area contributed by atoms with E-state index >= 15 is 0 Å². The summed E-state index contributed by atoms with van der Waals surface area (Å²) in [7, 11) is 0. The van der Waals surface area contributed by atoms with Gasteiger partial charge in [-0.15, -0.1) is 0 Å². The molecule has 2 fully saturated rings. The molecule has 6 heteroatoms. The van der Waals surface area contributed by atoms with Gasteiger partial charge in [0.25, 0.3) is 0 Å². The van der Waals surface area contributed by atoms with Gasteiger partial charge in [0.1, 0.15) is 11.9 Å². The molecular weight excluding hydrogens is 256 g/mol. The van der Waals surface area contributed by atoms with E-state index in [1.165, 1.54) is 6.33 Å². The molecule has 0 atom stereocenters. The monoisotopic (exact) mass is 274 g/mol. The average molecular weight is 274 g/mol. The SMILES string of the molecule is O=C1CCN(Cc2ccncn2)C(=O)C2(CCCC2)N1. The van der Waals surface area contributed by atoms with Crippen LogP contribution in [0.3, 0.4) is 0 Å². The number of carbonyl (C=O) groups excluding carboxylic acids is 2. The Morgan fingerprint density at radius 3 is 2.80 bits per heavy atom. The molecule has 1 N–H and O–H groups in total. The molecule has 1 spiro atoms. The first kappa shape index (κ1) is 13.0. The maximum Gasteiger partial charge on any atom is 0.248 e. The number of hydrogen-bond donors (Lipinski definition) is 1. The largest absolute Gasteiger partial charge is 0.342 e. The van der Waals surface area contributed by atoms with Crippen molar-refractivity contribution in [1.82, 2.24) is 20.2 Å². The fourth-order valence-corrected chi connectivity index (χ4v) is 3.10. The second kappa shape index (κ2) is 5.19. The Balaban J connectivity index is 1.83. The van der Waals surface area contributed by atoms with Gasteiger partial charge in [-0.05, 0) is 18.9 Å². The lowest BCUT2D eigenvalue weighted by Gasteiger charge is -2.31. The van der Waals surface area contributed by atoms with E-state index in [4.69, 9.17) is 0 Å². The zero-order valence-corrected chi connectivity index (χ0v) is 11.3. The molecule has 106 valence electrons. The molecule has 1 aromatic heterocycles. The molecule has 20 heavy (non-hydrogen) atoms. The van der Waals surface area contributed by atoms with Crippen molar-refractivity contribution in [3.8, 4) is 0 Å². The minimum Gasteiger partial charge on any atom is -0.342 e. The van der Waals surface area contributed by atoms with Gasteiger partial charge in [0.05, 0.1) is 12.2 Å². The molecule has 0 bridgehead atoms. The van der Waals surface area contributed by atoms with Gasteiger partial charge < -0.3 is 10.2 Å². The highest BCUT2D eigenvalue weighted by Crippen LogP contribution is 2.33. The van der Waals surface area contributed by atoms with Crippen molar-refractivity contribution < 1.29 is 9.59 Å². The second-order valence-electron chi connectivity index (χ2n) is 5.51. The highest BCUT2D eigenvalue weighted by Gasteiger charge is 2.46. The van der Waals surface area contributed by atoms with Gasteiger partial charge in [-0.1, -0.05) is 12.8 Å². The van der Waals surface area contributed by atoms with Crippen molar-refractivity contribution in [2.45, 2.75) is 44.2 Å². The molecule has 1 saturated heterocycles. The first-order valence-electron chi connectivity index (χ1n) is 7.05. The van der Waals surface area contributed by atoms with E-state index < -0.39 is 5.54 Å². The van der Waals surface area contributed by atoms with Crippen LogP contribution in [0.1, 0.15) is 37.8 Å². The predicted octanol–water partition coefficient (Wildman–Crippen LogP) is 0.638. The summed E-state index contributed by atoms with van der Waals surface area (Å²) in [6, 6.07) is 1.80. The minimum absolute atomic E-state index is 0.0227. The van der Waals surface area contributed by atoms with Gasteiger partial charge in [0.2, 0.25) is 11.8 Å². The molecule has 0 unspecified atom stereocenters. The summed E-state index contributed by atoms with van der Waals surface area (Å²) in [6.45, 7) is 0.897. The molecule has 6 nitrogen and oxygen atoms in total. The molecule has 2 heterocycles. The van der Waals surface area contributed by atoms with Gasteiger partial charge in [-0.25, -0.2) is 9.97 Å². The minimum atomic E-state index is -0.666. The lowest BCUT2D eigenvalue weighted by atomic mass is 9.96. The Bertz CT molecular complexity index is 511. The maximum atomic E-state index is 12.8. The van der Waals surface area contributed by atoms with Gasteiger partial charge in [0.15, 0.2) is 0 Å². The van der Waals surface area contributed by atoms with Crippen LogP contribution in [0.5, 0.6) is 0 Å². The Labute approximate surface area is 117 Å². The summed E-state index contributed by atoms with van der Waals surface area (Å²) in [6.07, 6.45) is 6.99. The van der Waals surface area contributed by atoms with E-state index in [0.29, 0.717) is 19.5 Å². The molecule has 0 radical (unpaired) electrons. The summed E-state index contributed by atoms with van der Waals surface area (Å²) in [5.41, 5.74) is 0.136. The Morgan fingerprint density at radius 1 is 1.30 bits per heavy atom. The Morgan fingerprint density at radius 2 is 2.10 bits per heavy atom. The van der Waals surface area contributed by atoms with E-state index in [1.54, 1.807) is 17.2 Å². The predicted molar refractivity (Wildman–Crippen MR) is 71.4 cm³/mol. The molecule has 0 aromatic carbocycles. The number of nitrogens with zero attached hydrogens (tertiary/aromatic N) is 3. The number of amides is 2. The van der Waals surface area contributed by atoms with Crippen LogP contribution in [-0.4, -0.2) is 38.8 Å². The van der Waals surface area contributed by atoms with E-state index in [1.807, 2.05) is 0 Å². The topological polar surface area (TPSA) is 75.2 Å². The second-order valence-corrected chi connectivity index (χ2v) is 5.51. The quantitative estimate of drug-likeness (QED) is 0.858. The molecule has 1 aliphatic heterocycles. The van der Waals surface area contributed by atoms with E-state index in [0.717, 1.165) is 31.4 Å². The van der Waals surface area contributed by atoms with E-state index in [-0.39, 0.29) is 11.8 Å². The van der Waals surface area contributed by atoms with Crippen molar-refractivity contribution in [3.05, 3.63) is 24.3 Å². The van der Waals surface area contributed by atoms with Crippen LogP contribution in [0.2, 0.25) is 0 Å². The lowest BCUT2D eigenvalue weighted by molar-refractivity contribution is -0.139. The molecule has 2 aliphatic rings. The fourth-order valence-electron chi connectivity index (χ4n) is 3.10. The van der Waals surface area contributed by atoms with Crippen LogP contribution in [0.15, 0.2) is 18.6 Å². The van der Waals surface area contributed by atoms with E-state index in [2.05, 4.69) is 15.3 Å². The van der Waals surface area contributed by atoms with Crippen molar-refractivity contribution in [1.29, 1.82) is 0 Å². The maximum absolute atomic E-state index is 12.8. The highest BCUT2D eigenvalue weighted by atomic mass is 16.2. The van der Waals surface area contributed by atoms with Crippen LogP contribution in [0.25, 0.3) is 0 Å².